The molecule has 1 atom stereocenters. The number of hydrogen-bond acceptors (Lipinski definition) is 22. The quantitative estimate of drug-likeness (QED) is 0.0516. The fourth-order valence-electron chi connectivity index (χ4n) is 10.1. The fraction of sp³-hybridized carbons (Fsp3) is 0.390. The molecule has 1 unspecified atom stereocenters. The van der Waals surface area contributed by atoms with E-state index in [9.17, 15) is 34.7 Å². The number of benzene rings is 4. The molecular formula is C59H63F4N13O9S4. The third-order valence-corrected chi connectivity index (χ3v) is 16.5. The van der Waals surface area contributed by atoms with E-state index in [4.69, 9.17) is 22.4 Å². The summed E-state index contributed by atoms with van der Waals surface area (Å²) in [6.07, 6.45) is 16.1. The molecule has 2 saturated carbocycles. The van der Waals surface area contributed by atoms with Crippen molar-refractivity contribution in [1.82, 2.24) is 45.7 Å². The van der Waals surface area contributed by atoms with Crippen LogP contribution in [0.3, 0.4) is 0 Å². The zero-order chi connectivity index (χ0) is 62.3. The summed E-state index contributed by atoms with van der Waals surface area (Å²) in [4.78, 5) is 52.1. The molecule has 0 spiro atoms. The van der Waals surface area contributed by atoms with E-state index in [1.54, 1.807) is 72.8 Å². The van der Waals surface area contributed by atoms with Gasteiger partial charge >= 0.3 is 24.1 Å². The number of likely N-dealkylation sites (tertiary alicyclic amines) is 1. The van der Waals surface area contributed by atoms with E-state index in [-0.39, 0.29) is 96.5 Å². The molecule has 6 heterocycles. The first-order valence-corrected chi connectivity index (χ1v) is 31.7. The minimum absolute atomic E-state index is 0.00352. The van der Waals surface area contributed by atoms with Crippen molar-refractivity contribution in [2.24, 2.45) is 0 Å². The molecular weight excluding hydrogens is 1240 g/mol. The van der Waals surface area contributed by atoms with Crippen molar-refractivity contribution >= 4 is 96.3 Å². The average molecular weight is 1300 g/mol. The van der Waals surface area contributed by atoms with Gasteiger partial charge in [-0.3, -0.25) is 40.4 Å². The second-order valence-electron chi connectivity index (χ2n) is 21.1. The fourth-order valence-corrected chi connectivity index (χ4v) is 11.3. The van der Waals surface area contributed by atoms with Gasteiger partial charge in [0.05, 0.1) is 48.6 Å². The van der Waals surface area contributed by atoms with Crippen LogP contribution < -0.4 is 21.3 Å². The summed E-state index contributed by atoms with van der Waals surface area (Å²) >= 11 is 0.372. The lowest BCUT2D eigenvalue weighted by molar-refractivity contribution is 0.0893. The smallest absolute Gasteiger partial charge is 0.322 e. The van der Waals surface area contributed by atoms with E-state index in [1.165, 1.54) is 69.2 Å². The molecule has 2 aliphatic heterocycles. The van der Waals surface area contributed by atoms with Crippen molar-refractivity contribution in [2.75, 3.05) is 48.0 Å². The average Bonchev–Trinajstić information content (AvgIpc) is 4.61. The van der Waals surface area contributed by atoms with Crippen LogP contribution in [0, 0.1) is 0 Å². The molecule has 2 saturated heterocycles. The van der Waals surface area contributed by atoms with Crippen LogP contribution in [0.1, 0.15) is 185 Å². The molecule has 12 rings (SSSR count). The lowest BCUT2D eigenvalue weighted by Gasteiger charge is -2.26. The number of nitrogens with zero attached hydrogens (tertiary/aromatic N) is 9. The number of aromatic nitrogens is 8. The van der Waals surface area contributed by atoms with Gasteiger partial charge in [0, 0.05) is 66.2 Å². The number of amides is 4. The Bertz CT molecular complexity index is 3570. The third-order valence-electron chi connectivity index (χ3n) is 14.8. The normalized spacial score (nSPS) is 16.5. The van der Waals surface area contributed by atoms with Crippen molar-refractivity contribution in [2.45, 2.75) is 140 Å². The van der Waals surface area contributed by atoms with Crippen molar-refractivity contribution in [1.29, 1.82) is 0 Å². The second-order valence-corrected chi connectivity index (χ2v) is 23.6. The van der Waals surface area contributed by atoms with Gasteiger partial charge < -0.3 is 27.3 Å². The Hall–Kier alpha value is -7.64. The van der Waals surface area contributed by atoms with Crippen LogP contribution in [-0.4, -0.2) is 96.1 Å². The van der Waals surface area contributed by atoms with Crippen molar-refractivity contribution < 1.29 is 57.1 Å². The van der Waals surface area contributed by atoms with Gasteiger partial charge in [0.2, 0.25) is 23.6 Å². The monoisotopic (exact) mass is 1300 g/mol. The highest BCUT2D eigenvalue weighted by atomic mass is 32.2. The maximum atomic E-state index is 12.6. The highest BCUT2D eigenvalue weighted by molar-refractivity contribution is 7.95. The van der Waals surface area contributed by atoms with Crippen LogP contribution in [-0.2, 0) is 4.74 Å². The topological polar surface area (TPSA) is 285 Å². The first-order valence-electron chi connectivity index (χ1n) is 28.9. The molecule has 22 nitrogen and oxygen atoms in total. The highest BCUT2D eigenvalue weighted by Gasteiger charge is 2.27. The second kappa shape index (κ2) is 33.8. The molecule has 4 aromatic carbocycles. The number of nitrogens with one attached hydrogen (secondary N) is 4. The van der Waals surface area contributed by atoms with E-state index in [0.717, 1.165) is 64.5 Å². The molecule has 4 amide bonds. The summed E-state index contributed by atoms with van der Waals surface area (Å²) in [5, 5.41) is 41.6. The van der Waals surface area contributed by atoms with Crippen LogP contribution >= 0.6 is 48.6 Å². The molecule has 8 aromatic rings. The van der Waals surface area contributed by atoms with Crippen LogP contribution in [0.5, 0.6) is 0 Å². The zero-order valence-corrected chi connectivity index (χ0v) is 51.4. The van der Waals surface area contributed by atoms with Gasteiger partial charge in [-0.15, -0.1) is 20.4 Å². The molecule has 4 aliphatic rings. The van der Waals surface area contributed by atoms with Gasteiger partial charge in [0.1, 0.15) is 6.10 Å². The number of halogens is 4. The predicted octanol–water partition coefficient (Wildman–Crippen LogP) is 15.3. The number of hydrogen-bond donors (Lipinski definition) is 4. The Morgan fingerprint density at radius 2 is 0.708 bits per heavy atom. The lowest BCUT2D eigenvalue weighted by Crippen LogP contribution is -2.29. The van der Waals surface area contributed by atoms with Crippen LogP contribution in [0.25, 0.3) is 0 Å². The van der Waals surface area contributed by atoms with Crippen LogP contribution in [0.4, 0.5) is 39.6 Å². The summed E-state index contributed by atoms with van der Waals surface area (Å²) in [5.74, 6) is 1.27. The van der Waals surface area contributed by atoms with Crippen LogP contribution in [0.2, 0.25) is 0 Å². The van der Waals surface area contributed by atoms with Crippen molar-refractivity contribution in [3.05, 3.63) is 143 Å². The Morgan fingerprint density at radius 3 is 1.02 bits per heavy atom. The predicted molar refractivity (Wildman–Crippen MR) is 326 cm³/mol. The minimum Gasteiger partial charge on any atom is -0.408 e. The molecule has 4 fully saturated rings. The van der Waals surface area contributed by atoms with Crippen molar-refractivity contribution in [3.8, 4) is 0 Å². The summed E-state index contributed by atoms with van der Waals surface area (Å²) in [7, 11) is 2.08. The SMILES string of the molecule is CN1CCC(c2nnc(NC(=O)c3cccc(SF)c3)o2)CC1.O=C(Nc1nnc(C2CCCCC2)o1)c1cccc(SF)c1.O=C(Nc1nnc(C2CCCCCC2)o1)c1cccc(SF)c1.O=C(Nc1nnc(C2CCCO2)o1)c1cccc(SF)c1. The number of carbonyl (C=O) groups is 4. The Labute approximate surface area is 527 Å². The van der Waals surface area contributed by atoms with Gasteiger partial charge in [0.15, 0.2) is 0 Å². The maximum absolute atomic E-state index is 12.6. The maximum Gasteiger partial charge on any atom is 0.322 e. The molecule has 4 aromatic heterocycles. The van der Waals surface area contributed by atoms with E-state index in [2.05, 4.69) is 74.0 Å². The molecule has 30 heteroatoms. The minimum atomic E-state index is -0.437. The first-order chi connectivity index (χ1) is 43.4. The number of piperidine rings is 1. The van der Waals surface area contributed by atoms with Gasteiger partial charge in [0.25, 0.3) is 23.6 Å². The number of anilines is 4. The summed E-state index contributed by atoms with van der Waals surface area (Å²) < 4.78 is 77.7. The van der Waals surface area contributed by atoms with E-state index in [0.29, 0.717) is 72.0 Å². The number of ether oxygens (including phenoxy) is 1. The van der Waals surface area contributed by atoms with E-state index < -0.39 is 23.6 Å². The molecule has 470 valence electrons. The van der Waals surface area contributed by atoms with E-state index >= 15 is 0 Å². The van der Waals surface area contributed by atoms with Gasteiger partial charge in [-0.2, -0.15) is 15.5 Å². The van der Waals surface area contributed by atoms with Crippen molar-refractivity contribution in [3.63, 3.8) is 0 Å². The molecule has 0 radical (unpaired) electrons. The zero-order valence-electron chi connectivity index (χ0n) is 48.1. The van der Waals surface area contributed by atoms with Gasteiger partial charge in [-0.25, -0.2) is 0 Å². The van der Waals surface area contributed by atoms with Gasteiger partial charge in [-0.1, -0.05) is 89.6 Å². The van der Waals surface area contributed by atoms with E-state index in [1.807, 2.05) is 0 Å². The summed E-state index contributed by atoms with van der Waals surface area (Å²) in [5.41, 5.74) is 1.35. The molecule has 89 heavy (non-hydrogen) atoms. The lowest BCUT2D eigenvalue weighted by atomic mass is 9.89. The summed E-state index contributed by atoms with van der Waals surface area (Å²) in [6.45, 7) is 2.65. The third kappa shape index (κ3) is 19.7. The Morgan fingerprint density at radius 1 is 0.404 bits per heavy atom. The summed E-state index contributed by atoms with van der Waals surface area (Å²) in [6, 6.07) is 25.3. The molecule has 2 aliphatic carbocycles. The Balaban J connectivity index is 0.000000141. The number of rotatable bonds is 16. The Kier molecular flexibility index (Phi) is 25.0. The standard InChI is InChI=1S/C16H18FN3O2S.C15H17FN4O2S.C15H16FN3O2S.C13H12FN3O3S/c17-23-13-9-5-8-12(10-13)14(21)18-16-20-19-15(22-16)11-6-3-1-2-4-7-11;1-20-7-5-10(6-8-20)14-18-19-15(22-14)17-13(21)11-3-2-4-12(9-11)23-16;16-22-12-8-4-7-11(9-12)13(20)17-15-19-18-14(21-15)10-5-2-1-3-6-10;14-21-9-4-1-3-8(7-9)11(18)15-13-17-16-12(20-13)10-5-2-6-19-10/h5,8-11H,1-4,6-7H2,(H,18,20,21);2-4,9-10H,5-8H2,1H3,(H,17,19,21);4,7-10H,1-3,5-6H2,(H,17,19,20);1,3-4,7,10H,2,5-6H2,(H,15,17,18). The van der Waals surface area contributed by atoms with Gasteiger partial charge in [-0.05, 0) is 144 Å². The number of carbonyl (C=O) groups excluding carboxylic acids is 4. The molecule has 0 bridgehead atoms. The largest absolute Gasteiger partial charge is 0.408 e. The van der Waals surface area contributed by atoms with Crippen LogP contribution in [0.15, 0.2) is 134 Å². The highest BCUT2D eigenvalue weighted by Crippen LogP contribution is 2.35. The molecule has 4 N–H and O–H groups in total. The first kappa shape index (κ1) is 65.8.